The smallest absolute Gasteiger partial charge is 0.253 e. The van der Waals surface area contributed by atoms with Crippen LogP contribution in [0.2, 0.25) is 5.02 Å². The van der Waals surface area contributed by atoms with Gasteiger partial charge in [0.1, 0.15) is 0 Å². The molecule has 0 saturated carbocycles. The van der Waals surface area contributed by atoms with Crippen LogP contribution in [-0.2, 0) is 0 Å². The van der Waals surface area contributed by atoms with Crippen molar-refractivity contribution in [1.29, 1.82) is 0 Å². The van der Waals surface area contributed by atoms with Crippen molar-refractivity contribution in [1.82, 2.24) is 4.90 Å². The second kappa shape index (κ2) is 8.80. The molecule has 2 aromatic rings. The summed E-state index contributed by atoms with van der Waals surface area (Å²) < 4.78 is 0.518. The molecule has 2 saturated heterocycles. The van der Waals surface area contributed by atoms with Crippen molar-refractivity contribution >= 4 is 46.7 Å². The van der Waals surface area contributed by atoms with Crippen molar-refractivity contribution in [2.75, 3.05) is 42.6 Å². The third-order valence-electron chi connectivity index (χ3n) is 5.00. The lowest BCUT2D eigenvalue weighted by atomic mass is 10.1. The fourth-order valence-corrected chi connectivity index (χ4v) is 6.57. The van der Waals surface area contributed by atoms with E-state index in [0.29, 0.717) is 4.58 Å². The largest absolute Gasteiger partial charge is 0.368 e. The van der Waals surface area contributed by atoms with Gasteiger partial charge in [-0.05, 0) is 53.8 Å². The summed E-state index contributed by atoms with van der Waals surface area (Å²) in [5, 5.41) is 0.750. The first-order valence-corrected chi connectivity index (χ1v) is 11.8. The Balaban J connectivity index is 1.36. The molecule has 4 rings (SSSR count). The van der Waals surface area contributed by atoms with E-state index in [1.54, 1.807) is 0 Å². The van der Waals surface area contributed by atoms with Gasteiger partial charge in [0.2, 0.25) is 0 Å². The Kier molecular flexibility index (Phi) is 6.21. The van der Waals surface area contributed by atoms with Crippen LogP contribution < -0.4 is 4.90 Å². The quantitative estimate of drug-likeness (QED) is 0.685. The highest BCUT2D eigenvalue weighted by Crippen LogP contribution is 2.43. The highest BCUT2D eigenvalue weighted by atomic mass is 35.5. The highest BCUT2D eigenvalue weighted by Gasteiger charge is 2.23. The molecule has 0 radical (unpaired) electrons. The number of benzene rings is 2. The first-order valence-electron chi connectivity index (χ1n) is 9.34. The molecule has 142 valence electrons. The lowest BCUT2D eigenvalue weighted by Gasteiger charge is -2.36. The molecule has 2 aliphatic heterocycles. The molecule has 27 heavy (non-hydrogen) atoms. The van der Waals surface area contributed by atoms with Crippen LogP contribution in [-0.4, -0.2) is 48.5 Å². The molecule has 0 spiro atoms. The molecule has 2 aliphatic rings. The first-order chi connectivity index (χ1) is 13.2. The third-order valence-corrected chi connectivity index (χ3v) is 8.25. The van der Waals surface area contributed by atoms with Crippen molar-refractivity contribution in [3.63, 3.8) is 0 Å². The highest BCUT2D eigenvalue weighted by molar-refractivity contribution is 8.16. The van der Waals surface area contributed by atoms with Gasteiger partial charge in [0.25, 0.3) is 5.91 Å². The van der Waals surface area contributed by atoms with Crippen LogP contribution in [0.1, 0.15) is 26.9 Å². The zero-order valence-corrected chi connectivity index (χ0v) is 17.5. The summed E-state index contributed by atoms with van der Waals surface area (Å²) in [6, 6.07) is 16.2. The van der Waals surface area contributed by atoms with E-state index in [9.17, 15) is 4.79 Å². The summed E-state index contributed by atoms with van der Waals surface area (Å²) >= 11 is 10.1. The van der Waals surface area contributed by atoms with Gasteiger partial charge >= 0.3 is 0 Å². The number of halogens is 1. The van der Waals surface area contributed by atoms with Gasteiger partial charge in [-0.15, -0.1) is 23.5 Å². The number of nitrogens with zero attached hydrogens (tertiary/aromatic N) is 2. The Morgan fingerprint density at radius 3 is 2.33 bits per heavy atom. The molecule has 0 unspecified atom stereocenters. The van der Waals surface area contributed by atoms with Gasteiger partial charge in [-0.2, -0.15) is 0 Å². The minimum Gasteiger partial charge on any atom is -0.368 e. The van der Waals surface area contributed by atoms with Gasteiger partial charge < -0.3 is 9.80 Å². The maximum Gasteiger partial charge on any atom is 0.253 e. The molecule has 2 fully saturated rings. The Morgan fingerprint density at radius 1 is 0.963 bits per heavy atom. The van der Waals surface area contributed by atoms with E-state index < -0.39 is 0 Å². The zero-order valence-electron chi connectivity index (χ0n) is 15.1. The Labute approximate surface area is 174 Å². The molecule has 0 bridgehead atoms. The molecule has 0 atom stereocenters. The number of carbonyl (C=O) groups is 1. The molecule has 1 amide bonds. The maximum absolute atomic E-state index is 12.9. The van der Waals surface area contributed by atoms with Crippen LogP contribution in [0.3, 0.4) is 0 Å². The number of hydrogen-bond donors (Lipinski definition) is 0. The molecule has 2 aromatic carbocycles. The second-order valence-corrected chi connectivity index (χ2v) is 9.97. The van der Waals surface area contributed by atoms with Crippen molar-refractivity contribution < 1.29 is 4.79 Å². The monoisotopic (exact) mass is 418 g/mol. The molecule has 0 aromatic heterocycles. The molecule has 0 N–H and O–H groups in total. The maximum atomic E-state index is 12.9. The normalized spacial score (nSPS) is 18.6. The van der Waals surface area contributed by atoms with Crippen molar-refractivity contribution in [3.05, 3.63) is 64.7 Å². The predicted octanol–water partition coefficient (Wildman–Crippen LogP) is 5.17. The van der Waals surface area contributed by atoms with Gasteiger partial charge in [0.05, 0.1) is 4.58 Å². The minimum absolute atomic E-state index is 0.135. The summed E-state index contributed by atoms with van der Waals surface area (Å²) in [6.45, 7) is 3.14. The first kappa shape index (κ1) is 19.0. The SMILES string of the molecule is O=C(c1ccc(C2SCCCS2)cc1)N1CCN(c2cccc(Cl)c2)CC1. The van der Waals surface area contributed by atoms with E-state index >= 15 is 0 Å². The van der Waals surface area contributed by atoms with Crippen LogP contribution in [0.5, 0.6) is 0 Å². The van der Waals surface area contributed by atoms with E-state index in [-0.39, 0.29) is 5.91 Å². The van der Waals surface area contributed by atoms with Gasteiger partial charge in [-0.3, -0.25) is 4.79 Å². The summed E-state index contributed by atoms with van der Waals surface area (Å²) in [4.78, 5) is 17.1. The van der Waals surface area contributed by atoms with E-state index in [1.165, 1.54) is 23.5 Å². The van der Waals surface area contributed by atoms with E-state index in [2.05, 4.69) is 23.1 Å². The van der Waals surface area contributed by atoms with Gasteiger partial charge in [-0.25, -0.2) is 0 Å². The molecule has 2 heterocycles. The van der Waals surface area contributed by atoms with Crippen molar-refractivity contribution in [2.24, 2.45) is 0 Å². The third kappa shape index (κ3) is 4.58. The van der Waals surface area contributed by atoms with E-state index in [0.717, 1.165) is 42.5 Å². The fourth-order valence-electron chi connectivity index (χ4n) is 3.49. The topological polar surface area (TPSA) is 23.6 Å². The van der Waals surface area contributed by atoms with Gasteiger partial charge in [0, 0.05) is 42.5 Å². The minimum atomic E-state index is 0.135. The Hall–Kier alpha value is -1.30. The van der Waals surface area contributed by atoms with Crippen LogP contribution >= 0.6 is 35.1 Å². The molecular weight excluding hydrogens is 396 g/mol. The Morgan fingerprint density at radius 2 is 1.67 bits per heavy atom. The Bertz CT molecular complexity index is 785. The van der Waals surface area contributed by atoms with E-state index in [4.69, 9.17) is 11.6 Å². The van der Waals surface area contributed by atoms with Crippen LogP contribution in [0.25, 0.3) is 0 Å². The summed E-state index contributed by atoms with van der Waals surface area (Å²) in [6.07, 6.45) is 1.30. The standard InChI is InChI=1S/C21H23ClN2OS2/c22-18-3-1-4-19(15-18)23-9-11-24(12-10-23)20(25)16-5-7-17(8-6-16)21-26-13-2-14-27-21/h1,3-8,15,21H,2,9-14H2. The summed E-state index contributed by atoms with van der Waals surface area (Å²) in [5.41, 5.74) is 3.24. The second-order valence-electron chi connectivity index (χ2n) is 6.81. The number of rotatable bonds is 3. The average molecular weight is 419 g/mol. The molecule has 3 nitrogen and oxygen atoms in total. The lowest BCUT2D eigenvalue weighted by molar-refractivity contribution is 0.0747. The van der Waals surface area contributed by atoms with Crippen LogP contribution in [0.15, 0.2) is 48.5 Å². The number of anilines is 1. The molecule has 6 heteroatoms. The number of hydrogen-bond acceptors (Lipinski definition) is 4. The molecular formula is C21H23ClN2OS2. The van der Waals surface area contributed by atoms with Crippen molar-refractivity contribution in [2.45, 2.75) is 11.0 Å². The van der Waals surface area contributed by atoms with Crippen molar-refractivity contribution in [3.8, 4) is 0 Å². The van der Waals surface area contributed by atoms with Gasteiger partial charge in [-0.1, -0.05) is 29.8 Å². The van der Waals surface area contributed by atoms with Crippen LogP contribution in [0.4, 0.5) is 5.69 Å². The lowest BCUT2D eigenvalue weighted by Crippen LogP contribution is -2.48. The summed E-state index contributed by atoms with van der Waals surface area (Å²) in [5.74, 6) is 2.60. The zero-order chi connectivity index (χ0) is 18.6. The van der Waals surface area contributed by atoms with E-state index in [1.807, 2.05) is 58.8 Å². The van der Waals surface area contributed by atoms with Crippen LogP contribution in [0, 0.1) is 0 Å². The summed E-state index contributed by atoms with van der Waals surface area (Å²) in [7, 11) is 0. The predicted molar refractivity (Wildman–Crippen MR) is 118 cm³/mol. The molecule has 0 aliphatic carbocycles. The number of thioether (sulfide) groups is 2. The number of carbonyl (C=O) groups excluding carboxylic acids is 1. The fraction of sp³-hybridized carbons (Fsp3) is 0.381. The average Bonchev–Trinajstić information content (AvgIpc) is 2.74. The number of piperazine rings is 1. The van der Waals surface area contributed by atoms with Gasteiger partial charge in [0.15, 0.2) is 0 Å². The number of amides is 1.